The Kier molecular flexibility index (Phi) is 7.13. The number of benzene rings is 4. The van der Waals surface area contributed by atoms with E-state index in [4.69, 9.17) is 0 Å². The minimum atomic E-state index is -0.327. The smallest absolute Gasteiger partial charge is 0.0195 e. The topological polar surface area (TPSA) is 0 Å². The number of hydrogen-bond acceptors (Lipinski definition) is 0. The Labute approximate surface area is 213 Å². The first-order chi connectivity index (χ1) is 17.4. The SMILES string of the molecule is c1ccc(P(C[C@H]2C3CCC(C3)[C@@H]2CP(c2ccccc2)c2ccccc2)c2ccccc2)cc1. The van der Waals surface area contributed by atoms with Crippen molar-refractivity contribution in [2.45, 2.75) is 19.3 Å². The molecule has 2 heteroatoms. The fourth-order valence-electron chi connectivity index (χ4n) is 6.67. The average molecular weight is 493 g/mol. The van der Waals surface area contributed by atoms with Crippen LogP contribution in [0.2, 0.25) is 0 Å². The Hall–Kier alpha value is -2.26. The van der Waals surface area contributed by atoms with Crippen molar-refractivity contribution in [3.8, 4) is 0 Å². The van der Waals surface area contributed by atoms with Gasteiger partial charge < -0.3 is 0 Å². The largest absolute Gasteiger partial charge is 0.0622 e. The summed E-state index contributed by atoms with van der Waals surface area (Å²) in [7, 11) is -0.653. The Morgan fingerprint density at radius 2 is 0.714 bits per heavy atom. The molecular formula is C33H34P2. The summed E-state index contributed by atoms with van der Waals surface area (Å²) in [6, 6.07) is 45.5. The van der Waals surface area contributed by atoms with E-state index in [9.17, 15) is 0 Å². The van der Waals surface area contributed by atoms with Gasteiger partial charge in [-0.3, -0.25) is 0 Å². The van der Waals surface area contributed by atoms with Crippen molar-refractivity contribution in [3.63, 3.8) is 0 Å². The molecule has 4 atom stereocenters. The molecule has 2 bridgehead atoms. The molecule has 2 aliphatic rings. The molecule has 2 aliphatic carbocycles. The molecule has 0 radical (unpaired) electrons. The lowest BCUT2D eigenvalue weighted by Gasteiger charge is -2.36. The summed E-state index contributed by atoms with van der Waals surface area (Å²) in [6.45, 7) is 0. The standard InChI is InChI=1S/C33H34P2/c1-5-13-28(14-6-1)34(29-15-7-2-8-16-29)24-32-26-21-22-27(23-26)33(32)25-35(30-17-9-3-10-18-30)31-19-11-4-12-20-31/h1-20,26-27,32-33H,21-25H2/t26?,27?,32-,33-/m0/s1. The van der Waals surface area contributed by atoms with Gasteiger partial charge in [-0.1, -0.05) is 121 Å². The highest BCUT2D eigenvalue weighted by Gasteiger charge is 2.48. The van der Waals surface area contributed by atoms with Gasteiger partial charge in [-0.05, 0) is 92.3 Å². The molecule has 4 aromatic carbocycles. The highest BCUT2D eigenvalue weighted by atomic mass is 31.1. The van der Waals surface area contributed by atoms with Crippen molar-refractivity contribution in [2.24, 2.45) is 23.7 Å². The van der Waals surface area contributed by atoms with Gasteiger partial charge in [-0.2, -0.15) is 0 Å². The maximum absolute atomic E-state index is 2.38. The maximum atomic E-state index is 2.38. The van der Waals surface area contributed by atoms with Gasteiger partial charge in [0, 0.05) is 0 Å². The van der Waals surface area contributed by atoms with Gasteiger partial charge in [0.2, 0.25) is 0 Å². The third kappa shape index (κ3) is 5.03. The van der Waals surface area contributed by atoms with E-state index in [0.717, 1.165) is 23.7 Å². The van der Waals surface area contributed by atoms with Gasteiger partial charge in [-0.25, -0.2) is 0 Å². The van der Waals surface area contributed by atoms with E-state index in [-0.39, 0.29) is 15.8 Å². The van der Waals surface area contributed by atoms with Crippen LogP contribution in [0, 0.1) is 23.7 Å². The summed E-state index contributed by atoms with van der Waals surface area (Å²) in [4.78, 5) is 0. The zero-order valence-electron chi connectivity index (χ0n) is 20.3. The molecule has 0 aliphatic heterocycles. The van der Waals surface area contributed by atoms with Crippen molar-refractivity contribution < 1.29 is 0 Å². The predicted octanol–water partition coefficient (Wildman–Crippen LogP) is 6.91. The van der Waals surface area contributed by atoms with Gasteiger partial charge in [0.15, 0.2) is 0 Å². The molecule has 2 unspecified atom stereocenters. The molecule has 0 spiro atoms. The highest BCUT2D eigenvalue weighted by Crippen LogP contribution is 2.58. The van der Waals surface area contributed by atoms with Gasteiger partial charge in [0.25, 0.3) is 0 Å². The van der Waals surface area contributed by atoms with Crippen LogP contribution in [0.25, 0.3) is 0 Å². The molecule has 0 nitrogen and oxygen atoms in total. The predicted molar refractivity (Wildman–Crippen MR) is 156 cm³/mol. The summed E-state index contributed by atoms with van der Waals surface area (Å²) in [5.74, 6) is 3.53. The Balaban J connectivity index is 1.33. The lowest BCUT2D eigenvalue weighted by atomic mass is 9.81. The minimum absolute atomic E-state index is 0.327. The zero-order chi connectivity index (χ0) is 23.5. The van der Waals surface area contributed by atoms with Crippen LogP contribution < -0.4 is 21.2 Å². The Bertz CT molecular complexity index is 1020. The van der Waals surface area contributed by atoms with Gasteiger partial charge in [-0.15, -0.1) is 0 Å². The summed E-state index contributed by atoms with van der Waals surface area (Å²) in [5, 5.41) is 6.18. The molecule has 0 amide bonds. The number of fused-ring (bicyclic) bond motifs is 2. The molecule has 6 rings (SSSR count). The molecule has 35 heavy (non-hydrogen) atoms. The first-order valence-corrected chi connectivity index (χ1v) is 16.2. The second-order valence-corrected chi connectivity index (χ2v) is 14.7. The molecule has 2 saturated carbocycles. The minimum Gasteiger partial charge on any atom is -0.0622 e. The first-order valence-electron chi connectivity index (χ1n) is 13.1. The van der Waals surface area contributed by atoms with Crippen LogP contribution in [-0.4, -0.2) is 12.3 Å². The van der Waals surface area contributed by atoms with E-state index >= 15 is 0 Å². The van der Waals surface area contributed by atoms with E-state index in [2.05, 4.69) is 121 Å². The third-order valence-corrected chi connectivity index (χ3v) is 13.6. The van der Waals surface area contributed by atoms with E-state index in [1.54, 1.807) is 21.2 Å². The molecule has 0 N–H and O–H groups in total. The zero-order valence-corrected chi connectivity index (χ0v) is 22.1. The summed E-state index contributed by atoms with van der Waals surface area (Å²) in [6.07, 6.45) is 7.07. The lowest BCUT2D eigenvalue weighted by Crippen LogP contribution is -2.32. The maximum Gasteiger partial charge on any atom is -0.0195 e. The fraction of sp³-hybridized carbons (Fsp3) is 0.273. The van der Waals surface area contributed by atoms with Crippen molar-refractivity contribution in [1.82, 2.24) is 0 Å². The third-order valence-electron chi connectivity index (χ3n) is 8.33. The average Bonchev–Trinajstić information content (AvgIpc) is 3.54. The van der Waals surface area contributed by atoms with Crippen molar-refractivity contribution in [1.29, 1.82) is 0 Å². The summed E-state index contributed by atoms with van der Waals surface area (Å²) >= 11 is 0. The highest BCUT2D eigenvalue weighted by molar-refractivity contribution is 7.73. The van der Waals surface area contributed by atoms with Crippen LogP contribution in [-0.2, 0) is 0 Å². The number of rotatable bonds is 8. The Morgan fingerprint density at radius 3 is 1.00 bits per heavy atom. The van der Waals surface area contributed by atoms with Crippen LogP contribution in [0.15, 0.2) is 121 Å². The lowest BCUT2D eigenvalue weighted by molar-refractivity contribution is 0.267. The normalized spacial score (nSPS) is 23.3. The van der Waals surface area contributed by atoms with Gasteiger partial charge in [0.05, 0.1) is 0 Å². The van der Waals surface area contributed by atoms with Crippen LogP contribution in [0.1, 0.15) is 19.3 Å². The summed E-state index contributed by atoms with van der Waals surface area (Å²) < 4.78 is 0. The monoisotopic (exact) mass is 492 g/mol. The molecule has 4 aromatic rings. The first kappa shape index (κ1) is 23.2. The van der Waals surface area contributed by atoms with Crippen molar-refractivity contribution >= 4 is 37.1 Å². The van der Waals surface area contributed by atoms with E-state index in [1.807, 2.05) is 0 Å². The molecule has 2 fully saturated rings. The quantitative estimate of drug-likeness (QED) is 0.234. The van der Waals surface area contributed by atoms with E-state index in [0.29, 0.717) is 0 Å². The van der Waals surface area contributed by atoms with E-state index in [1.165, 1.54) is 31.6 Å². The van der Waals surface area contributed by atoms with E-state index < -0.39 is 0 Å². The van der Waals surface area contributed by atoms with Crippen molar-refractivity contribution in [3.05, 3.63) is 121 Å². The second kappa shape index (κ2) is 10.8. The number of hydrogen-bond donors (Lipinski definition) is 0. The Morgan fingerprint density at radius 1 is 0.429 bits per heavy atom. The van der Waals surface area contributed by atoms with Gasteiger partial charge in [0.1, 0.15) is 0 Å². The molecule has 0 saturated heterocycles. The van der Waals surface area contributed by atoms with Crippen LogP contribution >= 0.6 is 15.8 Å². The molecule has 176 valence electrons. The molecular weight excluding hydrogens is 458 g/mol. The van der Waals surface area contributed by atoms with Crippen LogP contribution in [0.3, 0.4) is 0 Å². The second-order valence-electron chi connectivity index (χ2n) is 10.2. The van der Waals surface area contributed by atoms with Crippen LogP contribution in [0.4, 0.5) is 0 Å². The van der Waals surface area contributed by atoms with Crippen molar-refractivity contribution in [2.75, 3.05) is 12.3 Å². The fourth-order valence-corrected chi connectivity index (χ4v) is 12.2. The molecule has 0 aromatic heterocycles. The summed E-state index contributed by atoms with van der Waals surface area (Å²) in [5.41, 5.74) is 0. The molecule has 0 heterocycles. The van der Waals surface area contributed by atoms with Gasteiger partial charge >= 0.3 is 0 Å². The van der Waals surface area contributed by atoms with Crippen LogP contribution in [0.5, 0.6) is 0 Å².